The average molecular weight is 310 g/mol. The van der Waals surface area contributed by atoms with Crippen LogP contribution in [-0.2, 0) is 6.18 Å². The second-order valence-electron chi connectivity index (χ2n) is 5.60. The number of aryl methyl sites for hydroxylation is 1. The number of nitrogens with one attached hydrogen (secondary N) is 1. The first-order valence-corrected chi connectivity index (χ1v) is 7.23. The molecule has 0 radical (unpaired) electrons. The Morgan fingerprint density at radius 2 is 1.95 bits per heavy atom. The highest BCUT2D eigenvalue weighted by Crippen LogP contribution is 2.32. The number of H-pyrrole nitrogens is 1. The van der Waals surface area contributed by atoms with Gasteiger partial charge >= 0.3 is 6.18 Å². The van der Waals surface area contributed by atoms with Gasteiger partial charge in [-0.05, 0) is 31.9 Å². The van der Waals surface area contributed by atoms with Crippen LogP contribution in [0.3, 0.4) is 0 Å². The van der Waals surface area contributed by atoms with Crippen LogP contribution in [-0.4, -0.2) is 28.0 Å². The summed E-state index contributed by atoms with van der Waals surface area (Å²) in [6.07, 6.45) is -0.133. The first-order valence-electron chi connectivity index (χ1n) is 7.23. The first kappa shape index (κ1) is 14.9. The molecule has 3 heterocycles. The third-order valence-electron chi connectivity index (χ3n) is 4.03. The summed E-state index contributed by atoms with van der Waals surface area (Å²) in [6, 6.07) is 3.98. The van der Waals surface area contributed by atoms with E-state index in [2.05, 4.69) is 19.9 Å². The van der Waals surface area contributed by atoms with E-state index >= 15 is 0 Å². The molecule has 4 nitrogen and oxygen atoms in total. The molecule has 0 atom stereocenters. The minimum absolute atomic E-state index is 0.0512. The Balaban J connectivity index is 1.65. The summed E-state index contributed by atoms with van der Waals surface area (Å²) >= 11 is 0. The van der Waals surface area contributed by atoms with E-state index in [1.165, 1.54) is 0 Å². The summed E-state index contributed by atoms with van der Waals surface area (Å²) in [5.41, 5.74) is 1.30. The monoisotopic (exact) mass is 310 g/mol. The van der Waals surface area contributed by atoms with Crippen LogP contribution < -0.4 is 4.90 Å². The molecule has 7 heteroatoms. The first-order chi connectivity index (χ1) is 10.4. The number of halogens is 3. The van der Waals surface area contributed by atoms with Gasteiger partial charge in [-0.25, -0.2) is 4.98 Å². The van der Waals surface area contributed by atoms with Crippen molar-refractivity contribution < 1.29 is 13.2 Å². The molecule has 1 saturated heterocycles. The zero-order chi connectivity index (χ0) is 15.7. The predicted octanol–water partition coefficient (Wildman–Crippen LogP) is 3.52. The van der Waals surface area contributed by atoms with Gasteiger partial charge in [0.2, 0.25) is 0 Å². The highest BCUT2D eigenvalue weighted by molar-refractivity contribution is 5.46. The number of imidazole rings is 1. The predicted molar refractivity (Wildman–Crippen MR) is 76.8 cm³/mol. The fourth-order valence-electron chi connectivity index (χ4n) is 2.83. The van der Waals surface area contributed by atoms with Gasteiger partial charge in [-0.1, -0.05) is 0 Å². The van der Waals surface area contributed by atoms with E-state index in [1.807, 2.05) is 19.1 Å². The van der Waals surface area contributed by atoms with Crippen molar-refractivity contribution in [1.29, 1.82) is 0 Å². The maximum absolute atomic E-state index is 12.6. The van der Waals surface area contributed by atoms with Gasteiger partial charge in [-0.3, -0.25) is 4.98 Å². The lowest BCUT2D eigenvalue weighted by molar-refractivity contribution is -0.141. The Bertz CT molecular complexity index is 642. The van der Waals surface area contributed by atoms with Crippen LogP contribution in [0.1, 0.15) is 36.0 Å². The van der Waals surface area contributed by atoms with Crippen molar-refractivity contribution in [3.63, 3.8) is 0 Å². The van der Waals surface area contributed by atoms with Crippen molar-refractivity contribution >= 4 is 5.69 Å². The highest BCUT2D eigenvalue weighted by atomic mass is 19.4. The van der Waals surface area contributed by atoms with Crippen molar-refractivity contribution in [2.24, 2.45) is 0 Å². The smallest absolute Gasteiger partial charge is 0.371 e. The van der Waals surface area contributed by atoms with Gasteiger partial charge in [-0.15, -0.1) is 0 Å². The summed E-state index contributed by atoms with van der Waals surface area (Å²) < 4.78 is 37.8. The molecule has 1 aliphatic heterocycles. The fourth-order valence-corrected chi connectivity index (χ4v) is 2.83. The Kier molecular flexibility index (Phi) is 3.80. The minimum atomic E-state index is -4.36. The number of piperidine rings is 1. The van der Waals surface area contributed by atoms with Gasteiger partial charge in [0.05, 0.1) is 6.20 Å². The summed E-state index contributed by atoms with van der Waals surface area (Å²) in [6.45, 7) is 3.55. The number of hydrogen-bond acceptors (Lipinski definition) is 3. The van der Waals surface area contributed by atoms with Crippen LogP contribution >= 0.6 is 0 Å². The van der Waals surface area contributed by atoms with Gasteiger partial charge < -0.3 is 9.88 Å². The topological polar surface area (TPSA) is 44.8 Å². The SMILES string of the molecule is Cc1cc(N2CCC(c3ncc(C(F)(F)F)[nH]3)CC2)ccn1. The number of hydrogen-bond donors (Lipinski definition) is 1. The molecule has 1 N–H and O–H groups in total. The number of alkyl halides is 3. The molecule has 0 saturated carbocycles. The highest BCUT2D eigenvalue weighted by Gasteiger charge is 2.34. The molecular weight excluding hydrogens is 293 g/mol. The number of aromatic amines is 1. The zero-order valence-corrected chi connectivity index (χ0v) is 12.2. The van der Waals surface area contributed by atoms with Gasteiger partial charge in [0, 0.05) is 36.6 Å². The lowest BCUT2D eigenvalue weighted by Gasteiger charge is -2.33. The Morgan fingerprint density at radius 3 is 2.55 bits per heavy atom. The summed E-state index contributed by atoms with van der Waals surface area (Å²) in [4.78, 5) is 12.7. The fraction of sp³-hybridized carbons (Fsp3) is 0.467. The number of rotatable bonds is 2. The van der Waals surface area contributed by atoms with E-state index in [0.29, 0.717) is 5.82 Å². The minimum Gasteiger partial charge on any atom is -0.371 e. The molecule has 0 aromatic carbocycles. The molecule has 0 aliphatic carbocycles. The van der Waals surface area contributed by atoms with Crippen LogP contribution in [0.2, 0.25) is 0 Å². The van der Waals surface area contributed by atoms with E-state index in [4.69, 9.17) is 0 Å². The third kappa shape index (κ3) is 3.08. The van der Waals surface area contributed by atoms with Crippen molar-refractivity contribution in [3.05, 3.63) is 41.7 Å². The molecule has 2 aromatic heterocycles. The summed E-state index contributed by atoms with van der Waals surface area (Å²) in [5, 5.41) is 0. The number of anilines is 1. The van der Waals surface area contributed by atoms with Crippen LogP contribution in [0, 0.1) is 6.92 Å². The molecule has 1 aliphatic rings. The number of pyridine rings is 1. The quantitative estimate of drug-likeness (QED) is 0.923. The van der Waals surface area contributed by atoms with Crippen LogP contribution in [0.5, 0.6) is 0 Å². The van der Waals surface area contributed by atoms with Gasteiger partial charge in [0.15, 0.2) is 0 Å². The van der Waals surface area contributed by atoms with Crippen LogP contribution in [0.25, 0.3) is 0 Å². The molecule has 2 aromatic rings. The van der Waals surface area contributed by atoms with E-state index in [-0.39, 0.29) is 5.92 Å². The van der Waals surface area contributed by atoms with Gasteiger partial charge in [0.1, 0.15) is 11.5 Å². The van der Waals surface area contributed by atoms with Crippen LogP contribution in [0.4, 0.5) is 18.9 Å². The molecule has 118 valence electrons. The largest absolute Gasteiger partial charge is 0.432 e. The number of nitrogens with zero attached hydrogens (tertiary/aromatic N) is 3. The normalized spacial score (nSPS) is 17.0. The van der Waals surface area contributed by atoms with E-state index in [0.717, 1.165) is 43.5 Å². The average Bonchev–Trinajstić information content (AvgIpc) is 2.97. The molecule has 3 rings (SSSR count). The van der Waals surface area contributed by atoms with E-state index < -0.39 is 11.9 Å². The summed E-state index contributed by atoms with van der Waals surface area (Å²) in [7, 11) is 0. The maximum atomic E-state index is 12.6. The molecule has 0 bridgehead atoms. The van der Waals surface area contributed by atoms with Crippen molar-refractivity contribution in [2.75, 3.05) is 18.0 Å². The van der Waals surface area contributed by atoms with Gasteiger partial charge in [0.25, 0.3) is 0 Å². The molecule has 0 amide bonds. The van der Waals surface area contributed by atoms with Crippen molar-refractivity contribution in [3.8, 4) is 0 Å². The zero-order valence-electron chi connectivity index (χ0n) is 12.2. The van der Waals surface area contributed by atoms with Crippen molar-refractivity contribution in [1.82, 2.24) is 15.0 Å². The second-order valence-corrected chi connectivity index (χ2v) is 5.60. The van der Waals surface area contributed by atoms with Crippen LogP contribution in [0.15, 0.2) is 24.5 Å². The molecule has 22 heavy (non-hydrogen) atoms. The molecule has 1 fully saturated rings. The maximum Gasteiger partial charge on any atom is 0.432 e. The van der Waals surface area contributed by atoms with Gasteiger partial charge in [-0.2, -0.15) is 13.2 Å². The Hall–Kier alpha value is -2.05. The van der Waals surface area contributed by atoms with Crippen molar-refractivity contribution in [2.45, 2.75) is 31.9 Å². The Labute approximate surface area is 126 Å². The lowest BCUT2D eigenvalue weighted by atomic mass is 9.96. The standard InChI is InChI=1S/C15H17F3N4/c1-10-8-12(2-5-19-10)22-6-3-11(4-7-22)14-20-9-13(21-14)15(16,17)18/h2,5,8-9,11H,3-4,6-7H2,1H3,(H,20,21). The van der Waals surface area contributed by atoms with E-state index in [1.54, 1.807) is 6.20 Å². The molecular formula is C15H17F3N4. The molecule has 0 unspecified atom stereocenters. The molecule has 0 spiro atoms. The summed E-state index contributed by atoms with van der Waals surface area (Å²) in [5.74, 6) is 0.494. The number of aromatic nitrogens is 3. The Morgan fingerprint density at radius 1 is 1.23 bits per heavy atom. The lowest BCUT2D eigenvalue weighted by Crippen LogP contribution is -2.33. The third-order valence-corrected chi connectivity index (χ3v) is 4.03. The van der Waals surface area contributed by atoms with E-state index in [9.17, 15) is 13.2 Å². The second kappa shape index (κ2) is 5.62.